The summed E-state index contributed by atoms with van der Waals surface area (Å²) in [4.78, 5) is -0.584. The normalized spacial score (nSPS) is 11.3. The topological polar surface area (TPSA) is 72.2 Å². The minimum absolute atomic E-state index is 0.0166. The standard InChI is InChI=1S/C11H11BrClFN2O2S/c1-2-3-4-5-16-19(17,18)8-6-7(13)9(12)11(15)10(8)14/h1,6,16H,3-5,15H2. The summed E-state index contributed by atoms with van der Waals surface area (Å²) in [6.45, 7) is 0.111. The number of sulfonamides is 1. The van der Waals surface area contributed by atoms with Crippen molar-refractivity contribution in [2.45, 2.75) is 17.7 Å². The zero-order chi connectivity index (χ0) is 14.6. The molecule has 0 fully saturated rings. The highest BCUT2D eigenvalue weighted by Gasteiger charge is 2.23. The van der Waals surface area contributed by atoms with Crippen LogP contribution in [0.15, 0.2) is 15.4 Å². The Morgan fingerprint density at radius 2 is 2.21 bits per heavy atom. The van der Waals surface area contributed by atoms with Crippen LogP contribution in [0.25, 0.3) is 0 Å². The van der Waals surface area contributed by atoms with Gasteiger partial charge in [-0.2, -0.15) is 0 Å². The first kappa shape index (κ1) is 16.2. The smallest absolute Gasteiger partial charge is 0.243 e. The van der Waals surface area contributed by atoms with E-state index in [1.807, 2.05) is 0 Å². The molecule has 0 aromatic heterocycles. The van der Waals surface area contributed by atoms with Gasteiger partial charge in [-0.1, -0.05) is 11.6 Å². The van der Waals surface area contributed by atoms with Gasteiger partial charge >= 0.3 is 0 Å². The zero-order valence-electron chi connectivity index (χ0n) is 9.71. The molecule has 4 nitrogen and oxygen atoms in total. The molecule has 0 aliphatic heterocycles. The minimum Gasteiger partial charge on any atom is -0.395 e. The molecule has 0 unspecified atom stereocenters. The van der Waals surface area contributed by atoms with Crippen LogP contribution in [0, 0.1) is 18.2 Å². The maximum Gasteiger partial charge on any atom is 0.243 e. The fourth-order valence-corrected chi connectivity index (χ4v) is 3.02. The maximum atomic E-state index is 13.8. The third-order valence-corrected chi connectivity index (χ3v) is 5.08. The van der Waals surface area contributed by atoms with Crippen LogP contribution in [0.2, 0.25) is 5.02 Å². The lowest BCUT2D eigenvalue weighted by molar-refractivity contribution is 0.557. The van der Waals surface area contributed by atoms with Gasteiger partial charge < -0.3 is 5.73 Å². The Labute approximate surface area is 124 Å². The molecular formula is C11H11BrClFN2O2S. The molecule has 0 saturated heterocycles. The van der Waals surface area contributed by atoms with Crippen molar-refractivity contribution in [3.05, 3.63) is 21.4 Å². The second-order valence-corrected chi connectivity index (χ2v) is 6.54. The predicted molar refractivity (Wildman–Crippen MR) is 76.8 cm³/mol. The average molecular weight is 370 g/mol. The average Bonchev–Trinajstić information content (AvgIpc) is 2.36. The Balaban J connectivity index is 3.06. The van der Waals surface area contributed by atoms with Crippen LogP contribution in [0.4, 0.5) is 10.1 Å². The van der Waals surface area contributed by atoms with E-state index in [2.05, 4.69) is 26.6 Å². The number of benzene rings is 1. The predicted octanol–water partition coefficient (Wildman–Crippen LogP) is 2.52. The summed E-state index contributed by atoms with van der Waals surface area (Å²) in [7, 11) is -4.01. The first-order valence-electron chi connectivity index (χ1n) is 5.17. The number of nitrogens with one attached hydrogen (secondary N) is 1. The molecule has 3 N–H and O–H groups in total. The lowest BCUT2D eigenvalue weighted by Crippen LogP contribution is -2.26. The molecule has 0 atom stereocenters. The number of hydrogen-bond acceptors (Lipinski definition) is 3. The van der Waals surface area contributed by atoms with Crippen LogP contribution >= 0.6 is 27.5 Å². The Morgan fingerprint density at radius 1 is 1.58 bits per heavy atom. The van der Waals surface area contributed by atoms with Crippen molar-refractivity contribution in [1.82, 2.24) is 4.72 Å². The number of rotatable bonds is 5. The SMILES string of the molecule is C#CCCCNS(=O)(=O)c1cc(Cl)c(Br)c(N)c1F. The number of terminal acetylenes is 1. The Hall–Kier alpha value is -0.810. The van der Waals surface area contributed by atoms with Crippen LogP contribution in [-0.2, 0) is 10.0 Å². The van der Waals surface area contributed by atoms with E-state index in [0.29, 0.717) is 12.8 Å². The van der Waals surface area contributed by atoms with Gasteiger partial charge in [0.25, 0.3) is 0 Å². The van der Waals surface area contributed by atoms with Crippen LogP contribution in [0.1, 0.15) is 12.8 Å². The highest BCUT2D eigenvalue weighted by Crippen LogP contribution is 2.34. The summed E-state index contributed by atoms with van der Waals surface area (Å²) in [6.07, 6.45) is 5.92. The van der Waals surface area contributed by atoms with Gasteiger partial charge in [-0.3, -0.25) is 0 Å². The van der Waals surface area contributed by atoms with E-state index in [9.17, 15) is 12.8 Å². The van der Waals surface area contributed by atoms with Gasteiger partial charge in [-0.25, -0.2) is 17.5 Å². The van der Waals surface area contributed by atoms with Crippen LogP contribution in [-0.4, -0.2) is 15.0 Å². The second kappa shape index (κ2) is 6.57. The van der Waals surface area contributed by atoms with E-state index in [-0.39, 0.29) is 21.7 Å². The molecule has 0 aliphatic rings. The molecule has 1 aromatic rings. The third kappa shape index (κ3) is 3.83. The number of unbranched alkanes of at least 4 members (excludes halogenated alkanes) is 1. The van der Waals surface area contributed by atoms with Gasteiger partial charge in [0.15, 0.2) is 5.82 Å². The summed E-state index contributed by atoms with van der Waals surface area (Å²) < 4.78 is 40.0. The molecule has 19 heavy (non-hydrogen) atoms. The van der Waals surface area contributed by atoms with Crippen molar-refractivity contribution in [3.63, 3.8) is 0 Å². The van der Waals surface area contributed by atoms with Crippen LogP contribution < -0.4 is 10.5 Å². The summed E-state index contributed by atoms with van der Waals surface area (Å²) in [5, 5.41) is 0.0166. The highest BCUT2D eigenvalue weighted by molar-refractivity contribution is 9.10. The number of hydrogen-bond donors (Lipinski definition) is 2. The monoisotopic (exact) mass is 368 g/mol. The van der Waals surface area contributed by atoms with E-state index in [1.54, 1.807) is 0 Å². The largest absolute Gasteiger partial charge is 0.395 e. The van der Waals surface area contributed by atoms with Crippen molar-refractivity contribution in [1.29, 1.82) is 0 Å². The summed E-state index contributed by atoms with van der Waals surface area (Å²) in [5.41, 5.74) is 5.08. The van der Waals surface area contributed by atoms with Crippen molar-refractivity contribution < 1.29 is 12.8 Å². The lowest BCUT2D eigenvalue weighted by Gasteiger charge is -2.10. The molecule has 1 rings (SSSR count). The molecule has 0 saturated carbocycles. The molecule has 104 valence electrons. The fraction of sp³-hybridized carbons (Fsp3) is 0.273. The van der Waals surface area contributed by atoms with Gasteiger partial charge in [0, 0.05) is 13.0 Å². The molecule has 0 radical (unpaired) electrons. The lowest BCUT2D eigenvalue weighted by atomic mass is 10.3. The summed E-state index contributed by atoms with van der Waals surface area (Å²) in [6, 6.07) is 1.00. The van der Waals surface area contributed by atoms with Gasteiger partial charge in [0.05, 0.1) is 15.2 Å². The molecule has 0 heterocycles. The molecule has 0 bridgehead atoms. The summed E-state index contributed by atoms with van der Waals surface area (Å²) in [5.74, 6) is 1.33. The van der Waals surface area contributed by atoms with Gasteiger partial charge in [0.2, 0.25) is 10.0 Å². The van der Waals surface area contributed by atoms with Crippen LogP contribution in [0.3, 0.4) is 0 Å². The van der Waals surface area contributed by atoms with Gasteiger partial charge in [-0.15, -0.1) is 12.3 Å². The Bertz CT molecular complexity index is 629. The molecule has 1 aromatic carbocycles. The zero-order valence-corrected chi connectivity index (χ0v) is 12.9. The summed E-state index contributed by atoms with van der Waals surface area (Å²) >= 11 is 8.74. The molecule has 0 aliphatic carbocycles. The second-order valence-electron chi connectivity index (χ2n) is 3.60. The van der Waals surface area contributed by atoms with E-state index < -0.39 is 20.7 Å². The van der Waals surface area contributed by atoms with E-state index >= 15 is 0 Å². The van der Waals surface area contributed by atoms with Gasteiger partial charge in [-0.05, 0) is 28.4 Å². The van der Waals surface area contributed by atoms with E-state index in [1.165, 1.54) is 0 Å². The molecule has 0 amide bonds. The first-order chi connectivity index (χ1) is 8.81. The van der Waals surface area contributed by atoms with Crippen molar-refractivity contribution >= 4 is 43.2 Å². The number of halogens is 3. The molecule has 8 heteroatoms. The van der Waals surface area contributed by atoms with Crippen molar-refractivity contribution in [2.24, 2.45) is 0 Å². The maximum absolute atomic E-state index is 13.8. The van der Waals surface area contributed by atoms with E-state index in [4.69, 9.17) is 23.8 Å². The van der Waals surface area contributed by atoms with E-state index in [0.717, 1.165) is 6.07 Å². The fourth-order valence-electron chi connectivity index (χ4n) is 1.27. The molecule has 0 spiro atoms. The number of nitrogens with two attached hydrogens (primary N) is 1. The van der Waals surface area contributed by atoms with Crippen molar-refractivity contribution in [2.75, 3.05) is 12.3 Å². The Kier molecular flexibility index (Phi) is 5.62. The molecular weight excluding hydrogens is 359 g/mol. The third-order valence-electron chi connectivity index (χ3n) is 2.24. The Morgan fingerprint density at radius 3 is 2.79 bits per heavy atom. The quantitative estimate of drug-likeness (QED) is 0.362. The number of nitrogen functional groups attached to an aromatic ring is 1. The minimum atomic E-state index is -4.01. The first-order valence-corrected chi connectivity index (χ1v) is 7.82. The number of anilines is 1. The van der Waals surface area contributed by atoms with Crippen molar-refractivity contribution in [3.8, 4) is 12.3 Å². The van der Waals surface area contributed by atoms with Gasteiger partial charge in [0.1, 0.15) is 4.90 Å². The van der Waals surface area contributed by atoms with Crippen LogP contribution in [0.5, 0.6) is 0 Å². The highest BCUT2D eigenvalue weighted by atomic mass is 79.9.